The largest absolute Gasteiger partial charge is 0.483 e. The smallest absolute Gasteiger partial charge is 0.261 e. The maximum Gasteiger partial charge on any atom is 0.261 e. The van der Waals surface area contributed by atoms with Gasteiger partial charge in [-0.15, -0.1) is 0 Å². The van der Waals surface area contributed by atoms with Gasteiger partial charge in [0, 0.05) is 18.1 Å². The van der Waals surface area contributed by atoms with Crippen LogP contribution in [0.25, 0.3) is 10.8 Å². The van der Waals surface area contributed by atoms with Gasteiger partial charge in [-0.1, -0.05) is 61.0 Å². The van der Waals surface area contributed by atoms with Gasteiger partial charge in [-0.05, 0) is 63.8 Å². The van der Waals surface area contributed by atoms with E-state index in [1.165, 1.54) is 4.90 Å². The molecule has 5 nitrogen and oxygen atoms in total. The van der Waals surface area contributed by atoms with Gasteiger partial charge in [0.25, 0.3) is 5.91 Å². The topological polar surface area (TPSA) is 58.6 Å². The molecule has 1 atom stereocenters. The number of nitrogens with one attached hydrogen (secondary N) is 1. The summed E-state index contributed by atoms with van der Waals surface area (Å²) in [4.78, 5) is 27.3. The minimum Gasteiger partial charge on any atom is -0.483 e. The Morgan fingerprint density at radius 1 is 1.12 bits per heavy atom. The van der Waals surface area contributed by atoms with Crippen molar-refractivity contribution in [3.63, 3.8) is 0 Å². The number of hydrogen-bond acceptors (Lipinski definition) is 3. The van der Waals surface area contributed by atoms with Crippen molar-refractivity contribution in [3.8, 4) is 5.75 Å². The molecule has 3 aromatic rings. The average molecular weight is 518 g/mol. The number of amides is 2. The number of carbonyl (C=O) groups excluding carboxylic acids is 2. The summed E-state index contributed by atoms with van der Waals surface area (Å²) >= 11 is 9.69. The number of nitrogens with zero attached hydrogens (tertiary/aromatic N) is 1. The van der Waals surface area contributed by atoms with Crippen LogP contribution in [0.3, 0.4) is 0 Å². The molecule has 0 bridgehead atoms. The van der Waals surface area contributed by atoms with Crippen LogP contribution in [0.1, 0.15) is 25.8 Å². The van der Waals surface area contributed by atoms with Crippen molar-refractivity contribution in [1.82, 2.24) is 10.2 Å². The molecular formula is C25H26BrClN2O3. The van der Waals surface area contributed by atoms with Crippen molar-refractivity contribution >= 4 is 50.1 Å². The lowest BCUT2D eigenvalue weighted by molar-refractivity contribution is -0.142. The lowest BCUT2D eigenvalue weighted by Gasteiger charge is -2.29. The summed E-state index contributed by atoms with van der Waals surface area (Å²) in [6.45, 7) is 4.32. The van der Waals surface area contributed by atoms with E-state index in [9.17, 15) is 9.59 Å². The Kier molecular flexibility index (Phi) is 8.53. The van der Waals surface area contributed by atoms with Gasteiger partial charge in [-0.3, -0.25) is 9.59 Å². The molecule has 0 heterocycles. The van der Waals surface area contributed by atoms with Crippen LogP contribution >= 0.6 is 27.5 Å². The summed E-state index contributed by atoms with van der Waals surface area (Å²) in [6, 6.07) is 18.3. The molecule has 0 radical (unpaired) electrons. The zero-order chi connectivity index (χ0) is 23.1. The molecule has 0 spiro atoms. The highest BCUT2D eigenvalue weighted by Gasteiger charge is 2.26. The number of halogens is 2. The third-order valence-electron chi connectivity index (χ3n) is 5.14. The summed E-state index contributed by atoms with van der Waals surface area (Å²) in [5.74, 6) is 0.0844. The summed E-state index contributed by atoms with van der Waals surface area (Å²) in [5, 5.41) is 5.51. The molecule has 0 saturated carbocycles. The van der Waals surface area contributed by atoms with E-state index in [0.717, 1.165) is 27.2 Å². The highest BCUT2D eigenvalue weighted by molar-refractivity contribution is 9.10. The molecular weight excluding hydrogens is 492 g/mol. The van der Waals surface area contributed by atoms with Crippen LogP contribution in [-0.2, 0) is 16.1 Å². The Labute approximate surface area is 201 Å². The molecule has 0 unspecified atom stereocenters. The van der Waals surface area contributed by atoms with E-state index in [1.54, 1.807) is 19.1 Å². The van der Waals surface area contributed by atoms with Gasteiger partial charge < -0.3 is 15.0 Å². The van der Waals surface area contributed by atoms with Crippen LogP contribution in [0.15, 0.2) is 65.1 Å². The first-order chi connectivity index (χ1) is 15.4. The monoisotopic (exact) mass is 516 g/mol. The third-order valence-corrected chi connectivity index (χ3v) is 6.19. The number of benzene rings is 3. The van der Waals surface area contributed by atoms with Gasteiger partial charge >= 0.3 is 0 Å². The van der Waals surface area contributed by atoms with Crippen LogP contribution < -0.4 is 10.1 Å². The predicted octanol–water partition coefficient (Wildman–Crippen LogP) is 5.58. The quantitative estimate of drug-likeness (QED) is 0.403. The number of hydrogen-bond donors (Lipinski definition) is 1. The van der Waals surface area contributed by atoms with Gasteiger partial charge in [-0.25, -0.2) is 0 Å². The van der Waals surface area contributed by atoms with Crippen molar-refractivity contribution in [2.75, 3.05) is 13.2 Å². The molecule has 32 heavy (non-hydrogen) atoms. The fourth-order valence-corrected chi connectivity index (χ4v) is 4.18. The van der Waals surface area contributed by atoms with Crippen LogP contribution in [0.5, 0.6) is 5.75 Å². The fourth-order valence-electron chi connectivity index (χ4n) is 3.36. The van der Waals surface area contributed by atoms with Crippen molar-refractivity contribution in [2.24, 2.45) is 0 Å². The summed E-state index contributed by atoms with van der Waals surface area (Å²) in [5.41, 5.74) is 0.841. The number of fused-ring (bicyclic) bond motifs is 1. The van der Waals surface area contributed by atoms with Crippen LogP contribution in [-0.4, -0.2) is 35.9 Å². The first-order valence-electron chi connectivity index (χ1n) is 10.5. The Bertz CT molecular complexity index is 1110. The molecule has 2 amide bonds. The molecule has 0 saturated heterocycles. The normalized spacial score (nSPS) is 11.8. The summed E-state index contributed by atoms with van der Waals surface area (Å²) < 4.78 is 6.65. The second-order valence-corrected chi connectivity index (χ2v) is 8.74. The molecule has 0 fully saturated rings. The Morgan fingerprint density at radius 3 is 2.66 bits per heavy atom. The maximum atomic E-state index is 13.2. The lowest BCUT2D eigenvalue weighted by Crippen LogP contribution is -2.49. The summed E-state index contributed by atoms with van der Waals surface area (Å²) in [7, 11) is 0. The first-order valence-corrected chi connectivity index (χ1v) is 11.7. The van der Waals surface area contributed by atoms with Gasteiger partial charge in [0.1, 0.15) is 11.8 Å². The molecule has 0 aromatic heterocycles. The van der Waals surface area contributed by atoms with E-state index in [-0.39, 0.29) is 25.0 Å². The molecule has 1 N–H and O–H groups in total. The zero-order valence-electron chi connectivity index (χ0n) is 18.1. The van der Waals surface area contributed by atoms with E-state index < -0.39 is 6.04 Å². The van der Waals surface area contributed by atoms with Gasteiger partial charge in [0.2, 0.25) is 5.91 Å². The van der Waals surface area contributed by atoms with E-state index in [0.29, 0.717) is 17.3 Å². The zero-order valence-corrected chi connectivity index (χ0v) is 20.4. The standard InChI is InChI=1S/C25H26BrClN2O3/c1-3-13-28-25(31)17(2)29(15-18-7-6-9-20(27)14-18)23(30)16-32-22-12-11-19-8-4-5-10-21(19)24(22)26/h4-12,14,17H,3,13,15-16H2,1-2H3,(H,28,31)/t17-/m1/s1. The highest BCUT2D eigenvalue weighted by atomic mass is 79.9. The molecule has 0 aliphatic rings. The van der Waals surface area contributed by atoms with Crippen LogP contribution in [0, 0.1) is 0 Å². The van der Waals surface area contributed by atoms with Gasteiger partial charge in [0.15, 0.2) is 6.61 Å². The maximum absolute atomic E-state index is 13.2. The second kappa shape index (κ2) is 11.3. The molecule has 0 aliphatic carbocycles. The van der Waals surface area contributed by atoms with E-state index >= 15 is 0 Å². The van der Waals surface area contributed by atoms with Crippen molar-refractivity contribution in [3.05, 3.63) is 75.7 Å². The Hall–Kier alpha value is -2.57. The number of rotatable bonds is 9. The fraction of sp³-hybridized carbons (Fsp3) is 0.280. The second-order valence-electron chi connectivity index (χ2n) is 7.51. The van der Waals surface area contributed by atoms with Crippen molar-refractivity contribution < 1.29 is 14.3 Å². The lowest BCUT2D eigenvalue weighted by atomic mass is 10.1. The van der Waals surface area contributed by atoms with Crippen molar-refractivity contribution in [2.45, 2.75) is 32.9 Å². The Morgan fingerprint density at radius 2 is 1.91 bits per heavy atom. The predicted molar refractivity (Wildman–Crippen MR) is 132 cm³/mol. The third kappa shape index (κ3) is 6.02. The highest BCUT2D eigenvalue weighted by Crippen LogP contribution is 2.33. The van der Waals surface area contributed by atoms with Crippen molar-refractivity contribution in [1.29, 1.82) is 0 Å². The van der Waals surface area contributed by atoms with Crippen LogP contribution in [0.4, 0.5) is 0 Å². The van der Waals surface area contributed by atoms with Gasteiger partial charge in [-0.2, -0.15) is 0 Å². The summed E-state index contributed by atoms with van der Waals surface area (Å²) in [6.07, 6.45) is 0.819. The molecule has 7 heteroatoms. The molecule has 3 aromatic carbocycles. The van der Waals surface area contributed by atoms with E-state index in [2.05, 4.69) is 21.2 Å². The minimum atomic E-state index is -0.656. The molecule has 3 rings (SSSR count). The number of ether oxygens (including phenoxy) is 1. The average Bonchev–Trinajstić information content (AvgIpc) is 2.80. The number of carbonyl (C=O) groups is 2. The SMILES string of the molecule is CCCNC(=O)[C@@H](C)N(Cc1cccc(Cl)c1)C(=O)COc1ccc2ccccc2c1Br. The van der Waals surface area contributed by atoms with Gasteiger partial charge in [0.05, 0.1) is 4.47 Å². The minimum absolute atomic E-state index is 0.192. The first kappa shape index (κ1) is 24.1. The molecule has 168 valence electrons. The van der Waals surface area contributed by atoms with E-state index in [4.69, 9.17) is 16.3 Å². The van der Waals surface area contributed by atoms with Crippen LogP contribution in [0.2, 0.25) is 5.02 Å². The van der Waals surface area contributed by atoms with E-state index in [1.807, 2.05) is 55.5 Å². The Balaban J connectivity index is 1.78. The molecule has 0 aliphatic heterocycles.